The summed E-state index contributed by atoms with van der Waals surface area (Å²) >= 11 is 0. The molecular weight excluding hydrogens is 202 g/mol. The highest BCUT2D eigenvalue weighted by molar-refractivity contribution is 5.78. The Labute approximate surface area is 98.6 Å². The van der Waals surface area contributed by atoms with Crippen LogP contribution in [-0.2, 0) is 4.79 Å². The number of amides is 1. The van der Waals surface area contributed by atoms with Gasteiger partial charge in [-0.05, 0) is 18.8 Å². The lowest BCUT2D eigenvalue weighted by atomic mass is 9.87. The summed E-state index contributed by atoms with van der Waals surface area (Å²) in [7, 11) is 0. The van der Waals surface area contributed by atoms with Gasteiger partial charge in [-0.3, -0.25) is 4.79 Å². The second-order valence-corrected chi connectivity index (χ2v) is 4.87. The molecule has 0 bridgehead atoms. The van der Waals surface area contributed by atoms with Crippen molar-refractivity contribution in [3.63, 3.8) is 0 Å². The van der Waals surface area contributed by atoms with Gasteiger partial charge in [0.1, 0.15) is 0 Å². The molecule has 1 fully saturated rings. The zero-order valence-electron chi connectivity index (χ0n) is 10.4. The third-order valence-electron chi connectivity index (χ3n) is 3.66. The molecule has 3 heteroatoms. The maximum atomic E-state index is 11.6. The monoisotopic (exact) mass is 227 g/mol. The van der Waals surface area contributed by atoms with Gasteiger partial charge < -0.3 is 10.4 Å². The van der Waals surface area contributed by atoms with Crippen LogP contribution in [-0.4, -0.2) is 24.2 Å². The highest BCUT2D eigenvalue weighted by atomic mass is 16.3. The van der Waals surface area contributed by atoms with E-state index in [9.17, 15) is 4.79 Å². The van der Waals surface area contributed by atoms with E-state index in [0.717, 1.165) is 18.9 Å². The SMILES string of the molecule is CCC(CO)C(=O)NCCC1CCCCC1. The van der Waals surface area contributed by atoms with Crippen LogP contribution in [0.25, 0.3) is 0 Å². The van der Waals surface area contributed by atoms with Crippen LogP contribution in [0.3, 0.4) is 0 Å². The van der Waals surface area contributed by atoms with Crippen molar-refractivity contribution >= 4 is 5.91 Å². The van der Waals surface area contributed by atoms with E-state index in [4.69, 9.17) is 5.11 Å². The number of hydrogen-bond acceptors (Lipinski definition) is 2. The molecular formula is C13H25NO2. The van der Waals surface area contributed by atoms with Crippen LogP contribution in [0.2, 0.25) is 0 Å². The van der Waals surface area contributed by atoms with E-state index in [1.165, 1.54) is 32.1 Å². The number of aliphatic hydroxyl groups excluding tert-OH is 1. The average Bonchev–Trinajstić information content (AvgIpc) is 2.32. The molecule has 1 amide bonds. The van der Waals surface area contributed by atoms with Crippen LogP contribution < -0.4 is 5.32 Å². The first kappa shape index (κ1) is 13.5. The molecule has 1 aliphatic rings. The molecule has 1 unspecified atom stereocenters. The Morgan fingerprint density at radius 2 is 2.06 bits per heavy atom. The van der Waals surface area contributed by atoms with Crippen molar-refractivity contribution < 1.29 is 9.90 Å². The topological polar surface area (TPSA) is 49.3 Å². The lowest BCUT2D eigenvalue weighted by Crippen LogP contribution is -2.33. The van der Waals surface area contributed by atoms with Crippen LogP contribution in [0, 0.1) is 11.8 Å². The normalized spacial score (nSPS) is 19.4. The molecule has 94 valence electrons. The maximum absolute atomic E-state index is 11.6. The third kappa shape index (κ3) is 4.52. The summed E-state index contributed by atoms with van der Waals surface area (Å²) in [5.41, 5.74) is 0. The number of aliphatic hydroxyl groups is 1. The van der Waals surface area contributed by atoms with Gasteiger partial charge >= 0.3 is 0 Å². The van der Waals surface area contributed by atoms with E-state index >= 15 is 0 Å². The molecule has 0 saturated heterocycles. The first-order valence-electron chi connectivity index (χ1n) is 6.66. The fourth-order valence-corrected chi connectivity index (χ4v) is 2.42. The summed E-state index contributed by atoms with van der Waals surface area (Å²) in [6.45, 7) is 2.67. The second-order valence-electron chi connectivity index (χ2n) is 4.87. The number of rotatable bonds is 6. The fraction of sp³-hybridized carbons (Fsp3) is 0.923. The van der Waals surface area contributed by atoms with E-state index in [1.54, 1.807) is 0 Å². The smallest absolute Gasteiger partial charge is 0.225 e. The minimum absolute atomic E-state index is 0.0146. The fourth-order valence-electron chi connectivity index (χ4n) is 2.42. The van der Waals surface area contributed by atoms with Gasteiger partial charge in [0.05, 0.1) is 12.5 Å². The minimum Gasteiger partial charge on any atom is -0.396 e. The number of nitrogens with one attached hydrogen (secondary N) is 1. The van der Waals surface area contributed by atoms with Gasteiger partial charge in [-0.25, -0.2) is 0 Å². The van der Waals surface area contributed by atoms with E-state index in [2.05, 4.69) is 5.32 Å². The van der Waals surface area contributed by atoms with Gasteiger partial charge in [0.25, 0.3) is 0 Å². The van der Waals surface area contributed by atoms with E-state index in [-0.39, 0.29) is 18.4 Å². The second kappa shape index (κ2) is 7.66. The molecule has 1 atom stereocenters. The standard InChI is InChI=1S/C13H25NO2/c1-2-12(10-15)13(16)14-9-8-11-6-4-3-5-7-11/h11-12,15H,2-10H2,1H3,(H,14,16). The number of hydrogen-bond donors (Lipinski definition) is 2. The van der Waals surface area contributed by atoms with Crippen LogP contribution in [0.5, 0.6) is 0 Å². The van der Waals surface area contributed by atoms with Crippen molar-refractivity contribution in [2.45, 2.75) is 51.9 Å². The zero-order chi connectivity index (χ0) is 11.8. The third-order valence-corrected chi connectivity index (χ3v) is 3.66. The van der Waals surface area contributed by atoms with Crippen molar-refractivity contribution in [2.75, 3.05) is 13.2 Å². The molecule has 1 saturated carbocycles. The Morgan fingerprint density at radius 1 is 1.38 bits per heavy atom. The quantitative estimate of drug-likeness (QED) is 0.730. The minimum atomic E-state index is -0.216. The molecule has 0 radical (unpaired) electrons. The average molecular weight is 227 g/mol. The summed E-state index contributed by atoms with van der Waals surface area (Å²) in [5.74, 6) is 0.607. The highest BCUT2D eigenvalue weighted by Gasteiger charge is 2.16. The molecule has 0 spiro atoms. The van der Waals surface area contributed by atoms with E-state index in [1.807, 2.05) is 6.92 Å². The number of carbonyl (C=O) groups excluding carboxylic acids is 1. The van der Waals surface area contributed by atoms with Gasteiger partial charge in [-0.15, -0.1) is 0 Å². The maximum Gasteiger partial charge on any atom is 0.225 e. The molecule has 16 heavy (non-hydrogen) atoms. The summed E-state index contributed by atoms with van der Waals surface area (Å²) in [6.07, 6.45) is 8.56. The number of carbonyl (C=O) groups is 1. The Kier molecular flexibility index (Phi) is 6.46. The van der Waals surface area contributed by atoms with Crippen LogP contribution >= 0.6 is 0 Å². The van der Waals surface area contributed by atoms with Crippen LogP contribution in [0.15, 0.2) is 0 Å². The van der Waals surface area contributed by atoms with Crippen LogP contribution in [0.1, 0.15) is 51.9 Å². The summed E-state index contributed by atoms with van der Waals surface area (Å²) < 4.78 is 0. The van der Waals surface area contributed by atoms with Crippen molar-refractivity contribution in [1.82, 2.24) is 5.32 Å². The van der Waals surface area contributed by atoms with Crippen molar-refractivity contribution in [1.29, 1.82) is 0 Å². The Morgan fingerprint density at radius 3 is 2.62 bits per heavy atom. The molecule has 1 aliphatic carbocycles. The predicted octanol–water partition coefficient (Wildman–Crippen LogP) is 2.09. The summed E-state index contributed by atoms with van der Waals surface area (Å²) in [5, 5.41) is 11.9. The molecule has 0 aromatic rings. The molecule has 1 rings (SSSR count). The molecule has 0 aliphatic heterocycles. The first-order chi connectivity index (χ1) is 7.77. The van der Waals surface area contributed by atoms with Gasteiger partial charge in [0.2, 0.25) is 5.91 Å². The van der Waals surface area contributed by atoms with E-state index < -0.39 is 0 Å². The van der Waals surface area contributed by atoms with Gasteiger partial charge in [-0.1, -0.05) is 39.0 Å². The van der Waals surface area contributed by atoms with Gasteiger partial charge in [-0.2, -0.15) is 0 Å². The van der Waals surface area contributed by atoms with E-state index in [0.29, 0.717) is 6.42 Å². The lowest BCUT2D eigenvalue weighted by molar-refractivity contribution is -0.126. The lowest BCUT2D eigenvalue weighted by Gasteiger charge is -2.22. The van der Waals surface area contributed by atoms with Crippen molar-refractivity contribution in [2.24, 2.45) is 11.8 Å². The summed E-state index contributed by atoms with van der Waals surface area (Å²) in [4.78, 5) is 11.6. The zero-order valence-corrected chi connectivity index (χ0v) is 10.4. The largest absolute Gasteiger partial charge is 0.396 e. The van der Waals surface area contributed by atoms with Gasteiger partial charge in [0.15, 0.2) is 0 Å². The molecule has 0 heterocycles. The Balaban J connectivity index is 2.11. The molecule has 2 N–H and O–H groups in total. The summed E-state index contributed by atoms with van der Waals surface area (Å²) in [6, 6.07) is 0. The van der Waals surface area contributed by atoms with Crippen molar-refractivity contribution in [3.05, 3.63) is 0 Å². The Bertz CT molecular complexity index is 196. The van der Waals surface area contributed by atoms with Gasteiger partial charge in [0, 0.05) is 6.54 Å². The molecule has 0 aromatic heterocycles. The van der Waals surface area contributed by atoms with Crippen molar-refractivity contribution in [3.8, 4) is 0 Å². The first-order valence-corrected chi connectivity index (χ1v) is 6.66. The highest BCUT2D eigenvalue weighted by Crippen LogP contribution is 2.25. The molecule has 0 aromatic carbocycles. The Hall–Kier alpha value is -0.570. The van der Waals surface area contributed by atoms with Crippen LogP contribution in [0.4, 0.5) is 0 Å². The predicted molar refractivity (Wildman–Crippen MR) is 65.1 cm³/mol. The molecule has 3 nitrogen and oxygen atoms in total.